The number of benzene rings is 1. The molecular weight excluding hydrogens is 318 g/mol. The Morgan fingerprint density at radius 1 is 1.24 bits per heavy atom. The van der Waals surface area contributed by atoms with Crippen molar-refractivity contribution in [1.82, 2.24) is 14.3 Å². The number of β-lactam (4-membered cyclic amide) rings is 1. The number of hydrogen-bond acceptors (Lipinski definition) is 3. The molecule has 1 saturated heterocycles. The molecule has 122 valence electrons. The van der Waals surface area contributed by atoms with Gasteiger partial charge in [0.2, 0.25) is 0 Å². The third-order valence-electron chi connectivity index (χ3n) is 4.81. The van der Waals surface area contributed by atoms with E-state index in [1.165, 1.54) is 4.90 Å². The molecule has 2 aliphatic rings. The third kappa shape index (κ3) is 1.88. The average molecular weight is 331 g/mol. The summed E-state index contributed by atoms with van der Waals surface area (Å²) in [7, 11) is 0. The van der Waals surface area contributed by atoms with Crippen molar-refractivity contribution in [2.24, 2.45) is 0 Å². The van der Waals surface area contributed by atoms with E-state index in [0.29, 0.717) is 17.7 Å². The number of imidazole rings is 1. The van der Waals surface area contributed by atoms with Crippen molar-refractivity contribution in [2.75, 3.05) is 0 Å². The minimum absolute atomic E-state index is 0.0770. The third-order valence-corrected chi connectivity index (χ3v) is 4.81. The molecule has 1 amide bonds. The minimum atomic E-state index is -1.06. The first-order valence-corrected chi connectivity index (χ1v) is 7.99. The summed E-state index contributed by atoms with van der Waals surface area (Å²) in [5.41, 5.74) is 3.25. The summed E-state index contributed by atoms with van der Waals surface area (Å²) in [5.74, 6) is -1.31. The van der Waals surface area contributed by atoms with Crippen LogP contribution in [0.4, 0.5) is 0 Å². The Balaban J connectivity index is 1.55. The lowest BCUT2D eigenvalue weighted by atomic mass is 9.94. The van der Waals surface area contributed by atoms with Gasteiger partial charge in [0.15, 0.2) is 0 Å². The standard InChI is InChI=1S/C19H13N3O3/c23-18-13(15-6-7-16(19(24)25)22(15)18)9-12-10-21-14-4-2-1-3-11(14)5-8-17(21)20-12/h1-5,7-10,15H,6H2,(H,24,25). The van der Waals surface area contributed by atoms with E-state index in [0.717, 1.165) is 16.6 Å². The predicted molar refractivity (Wildman–Crippen MR) is 91.6 cm³/mol. The Kier molecular flexibility index (Phi) is 2.68. The predicted octanol–water partition coefficient (Wildman–Crippen LogP) is 2.45. The summed E-state index contributed by atoms with van der Waals surface area (Å²) >= 11 is 0. The fraction of sp³-hybridized carbons (Fsp3) is 0.105. The van der Waals surface area contributed by atoms with Gasteiger partial charge < -0.3 is 5.11 Å². The van der Waals surface area contributed by atoms with Gasteiger partial charge in [0.05, 0.1) is 17.3 Å². The summed E-state index contributed by atoms with van der Waals surface area (Å²) in [5, 5.41) is 10.2. The second-order valence-electron chi connectivity index (χ2n) is 6.21. The Morgan fingerprint density at radius 2 is 2.08 bits per heavy atom. The number of amides is 1. The average Bonchev–Trinajstić information content (AvgIpc) is 3.21. The number of para-hydroxylation sites is 1. The Labute approximate surface area is 142 Å². The zero-order valence-corrected chi connectivity index (χ0v) is 13.1. The number of hydrogen-bond donors (Lipinski definition) is 1. The molecule has 0 aliphatic carbocycles. The van der Waals surface area contributed by atoms with Crippen LogP contribution in [0.25, 0.3) is 22.6 Å². The van der Waals surface area contributed by atoms with Crippen molar-refractivity contribution in [1.29, 1.82) is 0 Å². The molecule has 1 N–H and O–H groups in total. The molecule has 4 heterocycles. The smallest absolute Gasteiger partial charge is 0.352 e. The van der Waals surface area contributed by atoms with Crippen LogP contribution >= 0.6 is 0 Å². The normalized spacial score (nSPS) is 20.9. The highest BCUT2D eigenvalue weighted by atomic mass is 16.4. The topological polar surface area (TPSA) is 74.9 Å². The number of carboxylic acid groups (broad SMARTS) is 1. The van der Waals surface area contributed by atoms with E-state index in [-0.39, 0.29) is 17.6 Å². The first-order valence-electron chi connectivity index (χ1n) is 7.99. The van der Waals surface area contributed by atoms with Gasteiger partial charge in [-0.15, -0.1) is 0 Å². The summed E-state index contributed by atoms with van der Waals surface area (Å²) in [6, 6.07) is 11.8. The van der Waals surface area contributed by atoms with E-state index in [9.17, 15) is 9.59 Å². The largest absolute Gasteiger partial charge is 0.477 e. The van der Waals surface area contributed by atoms with E-state index >= 15 is 0 Å². The number of carbonyl (C=O) groups is 2. The molecule has 2 aromatic heterocycles. The maximum atomic E-state index is 12.3. The summed E-state index contributed by atoms with van der Waals surface area (Å²) in [4.78, 5) is 29.4. The van der Waals surface area contributed by atoms with Gasteiger partial charge in [-0.05, 0) is 36.1 Å². The van der Waals surface area contributed by atoms with Crippen molar-refractivity contribution in [3.8, 4) is 0 Å². The molecule has 0 bridgehead atoms. The first-order chi connectivity index (χ1) is 12.1. The van der Waals surface area contributed by atoms with Crippen molar-refractivity contribution in [3.05, 3.63) is 65.6 Å². The molecule has 6 nitrogen and oxygen atoms in total. The van der Waals surface area contributed by atoms with Crippen LogP contribution in [-0.2, 0) is 9.59 Å². The summed E-state index contributed by atoms with van der Waals surface area (Å²) < 4.78 is 2.00. The van der Waals surface area contributed by atoms with E-state index in [4.69, 9.17) is 5.11 Å². The van der Waals surface area contributed by atoms with Gasteiger partial charge in [0.25, 0.3) is 5.91 Å². The molecule has 1 aromatic carbocycles. The molecule has 5 rings (SSSR count). The number of aliphatic carboxylic acids is 1. The molecule has 25 heavy (non-hydrogen) atoms. The monoisotopic (exact) mass is 331 g/mol. The molecule has 2 aliphatic heterocycles. The highest BCUT2D eigenvalue weighted by molar-refractivity contribution is 6.11. The fourth-order valence-electron chi connectivity index (χ4n) is 3.64. The SMILES string of the molecule is O=C(O)C1=CCC2C(=Cc3cn4c(ccc5ccccc54)n3)C(=O)N12. The molecule has 1 unspecified atom stereocenters. The Bertz CT molecular complexity index is 1140. The lowest BCUT2D eigenvalue weighted by Gasteiger charge is -2.38. The molecule has 0 saturated carbocycles. The molecule has 0 spiro atoms. The molecule has 3 aromatic rings. The highest BCUT2D eigenvalue weighted by Crippen LogP contribution is 2.39. The highest BCUT2D eigenvalue weighted by Gasteiger charge is 2.48. The molecule has 6 heteroatoms. The van der Waals surface area contributed by atoms with Crippen LogP contribution in [-0.4, -0.2) is 37.3 Å². The van der Waals surface area contributed by atoms with Crippen LogP contribution in [0.3, 0.4) is 0 Å². The van der Waals surface area contributed by atoms with Crippen molar-refractivity contribution in [2.45, 2.75) is 12.5 Å². The number of rotatable bonds is 2. The second kappa shape index (κ2) is 4.80. The Hall–Kier alpha value is -3.41. The zero-order valence-electron chi connectivity index (χ0n) is 13.1. The van der Waals surface area contributed by atoms with Crippen LogP contribution in [0.15, 0.2) is 59.9 Å². The van der Waals surface area contributed by atoms with Crippen LogP contribution in [0.1, 0.15) is 12.1 Å². The lowest BCUT2D eigenvalue weighted by molar-refractivity contribution is -0.142. The van der Waals surface area contributed by atoms with Crippen LogP contribution < -0.4 is 0 Å². The number of carbonyl (C=O) groups excluding carboxylic acids is 1. The van der Waals surface area contributed by atoms with Crippen molar-refractivity contribution < 1.29 is 14.7 Å². The molecule has 0 radical (unpaired) electrons. The van der Waals surface area contributed by atoms with Gasteiger partial charge in [-0.2, -0.15) is 0 Å². The zero-order chi connectivity index (χ0) is 17.1. The van der Waals surface area contributed by atoms with Gasteiger partial charge >= 0.3 is 5.97 Å². The van der Waals surface area contributed by atoms with E-state index in [1.54, 1.807) is 12.2 Å². The van der Waals surface area contributed by atoms with Crippen LogP contribution in [0.2, 0.25) is 0 Å². The fourth-order valence-corrected chi connectivity index (χ4v) is 3.64. The van der Waals surface area contributed by atoms with Crippen LogP contribution in [0, 0.1) is 0 Å². The molecule has 1 atom stereocenters. The molecular formula is C19H13N3O3. The number of pyridine rings is 1. The van der Waals surface area contributed by atoms with Crippen molar-refractivity contribution >= 4 is 34.5 Å². The van der Waals surface area contributed by atoms with Gasteiger partial charge in [0, 0.05) is 11.8 Å². The van der Waals surface area contributed by atoms with Gasteiger partial charge in [0.1, 0.15) is 11.3 Å². The lowest BCUT2D eigenvalue weighted by Crippen LogP contribution is -2.52. The first kappa shape index (κ1) is 14.0. The van der Waals surface area contributed by atoms with Gasteiger partial charge in [-0.25, -0.2) is 9.78 Å². The Morgan fingerprint density at radius 3 is 2.92 bits per heavy atom. The van der Waals surface area contributed by atoms with Crippen LogP contribution in [0.5, 0.6) is 0 Å². The second-order valence-corrected chi connectivity index (χ2v) is 6.21. The quantitative estimate of drug-likeness (QED) is 0.578. The number of aromatic nitrogens is 2. The maximum Gasteiger partial charge on any atom is 0.352 e. The van der Waals surface area contributed by atoms with Gasteiger partial charge in [-0.1, -0.05) is 24.3 Å². The maximum absolute atomic E-state index is 12.3. The van der Waals surface area contributed by atoms with Crippen molar-refractivity contribution in [3.63, 3.8) is 0 Å². The summed E-state index contributed by atoms with van der Waals surface area (Å²) in [6.07, 6.45) is 5.81. The number of nitrogens with zero attached hydrogens (tertiary/aromatic N) is 3. The molecule has 1 fully saturated rings. The minimum Gasteiger partial charge on any atom is -0.477 e. The number of fused-ring (bicyclic) bond motifs is 4. The summed E-state index contributed by atoms with van der Waals surface area (Å²) in [6.45, 7) is 0. The van der Waals surface area contributed by atoms with E-state index in [2.05, 4.69) is 4.98 Å². The number of carboxylic acids is 1. The van der Waals surface area contributed by atoms with E-state index in [1.807, 2.05) is 47.0 Å². The van der Waals surface area contributed by atoms with E-state index < -0.39 is 5.97 Å². The van der Waals surface area contributed by atoms with Gasteiger partial charge in [-0.3, -0.25) is 14.1 Å².